The van der Waals surface area contributed by atoms with Crippen LogP contribution >= 0.6 is 0 Å². The molecule has 1 aromatic carbocycles. The van der Waals surface area contributed by atoms with Gasteiger partial charge in [-0.3, -0.25) is 9.78 Å². The minimum atomic E-state index is -0.379. The number of pyridine rings is 2. The molecular formula is C19H20FN3O2. The summed E-state index contributed by atoms with van der Waals surface area (Å²) >= 11 is 0. The lowest BCUT2D eigenvalue weighted by molar-refractivity contribution is 0.286. The molecule has 2 heterocycles. The molecule has 5 nitrogen and oxygen atoms in total. The second-order valence-corrected chi connectivity index (χ2v) is 5.84. The molecule has 3 rings (SSSR count). The van der Waals surface area contributed by atoms with Crippen LogP contribution in [0.3, 0.4) is 0 Å². The fourth-order valence-electron chi connectivity index (χ4n) is 2.77. The number of hydrogen-bond acceptors (Lipinski definition) is 4. The summed E-state index contributed by atoms with van der Waals surface area (Å²) in [5.41, 5.74) is 1.73. The van der Waals surface area contributed by atoms with E-state index in [0.29, 0.717) is 30.6 Å². The number of halogens is 1. The molecule has 0 aliphatic carbocycles. The molecule has 6 heteroatoms. The first-order valence-electron chi connectivity index (χ1n) is 8.22. The van der Waals surface area contributed by atoms with Gasteiger partial charge in [0, 0.05) is 24.9 Å². The minimum Gasteiger partial charge on any atom is -0.396 e. The van der Waals surface area contributed by atoms with Gasteiger partial charge >= 0.3 is 0 Å². The largest absolute Gasteiger partial charge is 0.396 e. The maximum absolute atomic E-state index is 13.7. The number of benzene rings is 1. The third-order valence-electron chi connectivity index (χ3n) is 4.01. The minimum absolute atomic E-state index is 0.105. The third kappa shape index (κ3) is 4.10. The first kappa shape index (κ1) is 17.3. The van der Waals surface area contributed by atoms with E-state index in [1.165, 1.54) is 12.1 Å². The molecule has 0 saturated carbocycles. The van der Waals surface area contributed by atoms with E-state index in [2.05, 4.69) is 10.3 Å². The molecule has 0 aliphatic rings. The first-order chi connectivity index (χ1) is 12.2. The molecule has 0 amide bonds. The van der Waals surface area contributed by atoms with Gasteiger partial charge in [-0.15, -0.1) is 0 Å². The molecule has 0 radical (unpaired) electrons. The van der Waals surface area contributed by atoms with Crippen molar-refractivity contribution < 1.29 is 9.50 Å². The Morgan fingerprint density at radius 3 is 2.84 bits per heavy atom. The SMILES string of the molecule is O=c1c(CNCCCO)cc2ccc(F)cc2n1Cc1ccccn1. The van der Waals surface area contributed by atoms with Gasteiger partial charge in [0.2, 0.25) is 0 Å². The van der Waals surface area contributed by atoms with Gasteiger partial charge < -0.3 is 15.0 Å². The van der Waals surface area contributed by atoms with Crippen LogP contribution in [0.2, 0.25) is 0 Å². The summed E-state index contributed by atoms with van der Waals surface area (Å²) in [7, 11) is 0. The Balaban J connectivity index is 2.02. The zero-order valence-electron chi connectivity index (χ0n) is 13.8. The van der Waals surface area contributed by atoms with Crippen LogP contribution in [0.5, 0.6) is 0 Å². The summed E-state index contributed by atoms with van der Waals surface area (Å²) in [5, 5.41) is 12.8. The predicted octanol–water partition coefficient (Wildman–Crippen LogP) is 2.06. The summed E-state index contributed by atoms with van der Waals surface area (Å²) in [5.74, 6) is -0.379. The van der Waals surface area contributed by atoms with E-state index in [9.17, 15) is 9.18 Å². The van der Waals surface area contributed by atoms with E-state index in [-0.39, 0.29) is 24.5 Å². The van der Waals surface area contributed by atoms with Crippen molar-refractivity contribution in [3.8, 4) is 0 Å². The highest BCUT2D eigenvalue weighted by Crippen LogP contribution is 2.16. The Bertz CT molecular complexity index is 910. The Hall–Kier alpha value is -2.57. The van der Waals surface area contributed by atoms with Crippen molar-refractivity contribution in [3.05, 3.63) is 76.1 Å². The second-order valence-electron chi connectivity index (χ2n) is 5.84. The molecule has 130 valence electrons. The van der Waals surface area contributed by atoms with Crippen LogP contribution in [0.25, 0.3) is 10.9 Å². The summed E-state index contributed by atoms with van der Waals surface area (Å²) in [6, 6.07) is 11.7. The number of aliphatic hydroxyl groups excluding tert-OH is 1. The van der Waals surface area contributed by atoms with Crippen LogP contribution in [0.4, 0.5) is 4.39 Å². The molecule has 0 atom stereocenters. The van der Waals surface area contributed by atoms with Crippen LogP contribution in [0.15, 0.2) is 53.5 Å². The van der Waals surface area contributed by atoms with Gasteiger partial charge in [0.05, 0.1) is 17.8 Å². The summed E-state index contributed by atoms with van der Waals surface area (Å²) in [6.07, 6.45) is 2.30. The maximum Gasteiger partial charge on any atom is 0.255 e. The zero-order valence-corrected chi connectivity index (χ0v) is 13.8. The van der Waals surface area contributed by atoms with Crippen molar-refractivity contribution in [3.63, 3.8) is 0 Å². The van der Waals surface area contributed by atoms with E-state index in [1.807, 2.05) is 18.2 Å². The number of aromatic nitrogens is 2. The van der Waals surface area contributed by atoms with Gasteiger partial charge in [0.25, 0.3) is 5.56 Å². The van der Waals surface area contributed by atoms with Gasteiger partial charge in [0.1, 0.15) is 5.82 Å². The quantitative estimate of drug-likeness (QED) is 0.646. The van der Waals surface area contributed by atoms with E-state index < -0.39 is 0 Å². The van der Waals surface area contributed by atoms with E-state index in [1.54, 1.807) is 22.9 Å². The molecule has 0 saturated heterocycles. The highest BCUT2D eigenvalue weighted by molar-refractivity contribution is 5.79. The highest BCUT2D eigenvalue weighted by atomic mass is 19.1. The Morgan fingerprint density at radius 1 is 1.20 bits per heavy atom. The Labute approximate surface area is 144 Å². The normalized spacial score (nSPS) is 11.1. The van der Waals surface area contributed by atoms with Crippen molar-refractivity contribution >= 4 is 10.9 Å². The third-order valence-corrected chi connectivity index (χ3v) is 4.01. The first-order valence-corrected chi connectivity index (χ1v) is 8.22. The molecule has 0 fully saturated rings. The van der Waals surface area contributed by atoms with Crippen LogP contribution in [-0.2, 0) is 13.1 Å². The summed E-state index contributed by atoms with van der Waals surface area (Å²) < 4.78 is 15.3. The second kappa shape index (κ2) is 8.00. The van der Waals surface area contributed by atoms with Crippen molar-refractivity contribution in [1.29, 1.82) is 0 Å². The number of rotatable bonds is 7. The number of nitrogens with one attached hydrogen (secondary N) is 1. The van der Waals surface area contributed by atoms with E-state index in [0.717, 1.165) is 11.1 Å². The molecule has 0 aliphatic heterocycles. The van der Waals surface area contributed by atoms with E-state index in [4.69, 9.17) is 5.11 Å². The summed E-state index contributed by atoms with van der Waals surface area (Å²) in [6.45, 7) is 1.41. The number of fused-ring (bicyclic) bond motifs is 1. The Kier molecular flexibility index (Phi) is 5.53. The highest BCUT2D eigenvalue weighted by Gasteiger charge is 2.11. The standard InChI is InChI=1S/C19H20FN3O2/c20-16-6-5-14-10-15(12-21-7-3-9-24)19(25)23(18(14)11-16)13-17-4-1-2-8-22-17/h1-2,4-6,8,10-11,21,24H,3,7,9,12-13H2. The van der Waals surface area contributed by atoms with Gasteiger partial charge in [-0.05, 0) is 54.8 Å². The van der Waals surface area contributed by atoms with Gasteiger partial charge in [-0.1, -0.05) is 6.07 Å². The number of hydrogen-bond donors (Lipinski definition) is 2. The Morgan fingerprint density at radius 2 is 2.08 bits per heavy atom. The lowest BCUT2D eigenvalue weighted by Crippen LogP contribution is -2.28. The van der Waals surface area contributed by atoms with Crippen molar-refractivity contribution in [2.75, 3.05) is 13.2 Å². The van der Waals surface area contributed by atoms with Crippen molar-refractivity contribution in [2.45, 2.75) is 19.5 Å². The average molecular weight is 341 g/mol. The smallest absolute Gasteiger partial charge is 0.255 e. The van der Waals surface area contributed by atoms with Crippen molar-refractivity contribution in [2.24, 2.45) is 0 Å². The number of nitrogens with zero attached hydrogens (tertiary/aromatic N) is 2. The summed E-state index contributed by atoms with van der Waals surface area (Å²) in [4.78, 5) is 17.1. The molecule has 0 spiro atoms. The average Bonchev–Trinajstić information content (AvgIpc) is 2.63. The lowest BCUT2D eigenvalue weighted by Gasteiger charge is -2.13. The van der Waals surface area contributed by atoms with Crippen LogP contribution < -0.4 is 10.9 Å². The molecule has 3 aromatic rings. The lowest BCUT2D eigenvalue weighted by atomic mass is 10.1. The molecule has 0 unspecified atom stereocenters. The fraction of sp³-hybridized carbons (Fsp3) is 0.263. The molecular weight excluding hydrogens is 321 g/mol. The predicted molar refractivity (Wildman–Crippen MR) is 94.9 cm³/mol. The van der Waals surface area contributed by atoms with Gasteiger partial charge in [-0.2, -0.15) is 0 Å². The molecule has 0 bridgehead atoms. The van der Waals surface area contributed by atoms with Crippen LogP contribution in [-0.4, -0.2) is 27.8 Å². The van der Waals surface area contributed by atoms with Gasteiger partial charge in [0.15, 0.2) is 0 Å². The van der Waals surface area contributed by atoms with Crippen molar-refractivity contribution in [1.82, 2.24) is 14.9 Å². The van der Waals surface area contributed by atoms with Gasteiger partial charge in [-0.25, -0.2) is 4.39 Å². The molecule has 2 aromatic heterocycles. The molecule has 2 N–H and O–H groups in total. The van der Waals surface area contributed by atoms with E-state index >= 15 is 0 Å². The monoisotopic (exact) mass is 341 g/mol. The fourth-order valence-corrected chi connectivity index (χ4v) is 2.77. The maximum atomic E-state index is 13.7. The topological polar surface area (TPSA) is 67.2 Å². The zero-order chi connectivity index (χ0) is 17.6. The van der Waals surface area contributed by atoms with Crippen LogP contribution in [0, 0.1) is 5.82 Å². The molecule has 25 heavy (non-hydrogen) atoms. The number of aliphatic hydroxyl groups is 1. The van der Waals surface area contributed by atoms with Crippen LogP contribution in [0.1, 0.15) is 17.7 Å².